The fourth-order valence-corrected chi connectivity index (χ4v) is 1.91. The molecule has 0 aliphatic carbocycles. The maximum Gasteiger partial charge on any atom is 0.317 e. The van der Waals surface area contributed by atoms with Crippen LogP contribution in [0.3, 0.4) is 0 Å². The zero-order valence-electron chi connectivity index (χ0n) is 5.90. The Labute approximate surface area is 68.1 Å². The van der Waals surface area contributed by atoms with Crippen LogP contribution in [-0.4, -0.2) is 21.7 Å². The molecule has 3 nitrogen and oxygen atoms in total. The van der Waals surface area contributed by atoms with E-state index in [0.717, 1.165) is 0 Å². The summed E-state index contributed by atoms with van der Waals surface area (Å²) in [5.74, 6) is -0.793. The van der Waals surface area contributed by atoms with Gasteiger partial charge in [-0.25, -0.2) is 0 Å². The Morgan fingerprint density at radius 3 is 2.30 bits per heavy atom. The number of carboxylic acids is 1. The molecule has 2 unspecified atom stereocenters. The molecule has 3 N–H and O–H groups in total. The second kappa shape index (κ2) is 4.87. The van der Waals surface area contributed by atoms with Crippen LogP contribution in [0.4, 0.5) is 0 Å². The van der Waals surface area contributed by atoms with Gasteiger partial charge in [-0.05, 0) is 13.8 Å². The van der Waals surface area contributed by atoms with E-state index in [4.69, 9.17) is 10.8 Å². The van der Waals surface area contributed by atoms with Crippen molar-refractivity contribution in [2.45, 2.75) is 24.5 Å². The molecule has 0 amide bonds. The smallest absolute Gasteiger partial charge is 0.317 e. The van der Waals surface area contributed by atoms with E-state index in [1.165, 1.54) is 21.6 Å². The Balaban J connectivity index is 3.40. The Hall–Kier alpha value is 0.130. The Kier molecular flexibility index (Phi) is 4.93. The van der Waals surface area contributed by atoms with Crippen molar-refractivity contribution >= 4 is 27.6 Å². The van der Waals surface area contributed by atoms with Crippen molar-refractivity contribution in [1.29, 1.82) is 0 Å². The molecule has 5 heteroatoms. The summed E-state index contributed by atoms with van der Waals surface area (Å²) in [4.78, 5) is 10.2. The lowest BCUT2D eigenvalue weighted by Gasteiger charge is -2.06. The van der Waals surface area contributed by atoms with Crippen LogP contribution >= 0.6 is 21.6 Å². The van der Waals surface area contributed by atoms with E-state index in [1.807, 2.05) is 6.92 Å². The Morgan fingerprint density at radius 1 is 1.50 bits per heavy atom. The molecule has 0 saturated carbocycles. The van der Waals surface area contributed by atoms with Crippen LogP contribution in [0.2, 0.25) is 0 Å². The topological polar surface area (TPSA) is 63.3 Å². The number of nitrogens with two attached hydrogens (primary N) is 1. The van der Waals surface area contributed by atoms with Crippen LogP contribution in [-0.2, 0) is 4.79 Å². The largest absolute Gasteiger partial charge is 0.480 e. The third-order valence-electron chi connectivity index (χ3n) is 0.699. The molecule has 0 saturated heterocycles. The summed E-state index contributed by atoms with van der Waals surface area (Å²) < 4.78 is 0. The first-order valence-electron chi connectivity index (χ1n) is 2.84. The standard InChI is InChI=1S/C5H11NO2S2/c1-3(5(7)8)9-10-4(2)6/h3-4H,6H2,1-2H3,(H,7,8). The predicted octanol–water partition coefficient (Wildman–Crippen LogP) is 1.15. The molecule has 2 atom stereocenters. The molecular weight excluding hydrogens is 170 g/mol. The van der Waals surface area contributed by atoms with Gasteiger partial charge in [-0.15, -0.1) is 0 Å². The first kappa shape index (κ1) is 10.1. The average molecular weight is 181 g/mol. The van der Waals surface area contributed by atoms with Crippen molar-refractivity contribution in [2.24, 2.45) is 5.73 Å². The van der Waals surface area contributed by atoms with Gasteiger partial charge < -0.3 is 10.8 Å². The molecule has 60 valence electrons. The van der Waals surface area contributed by atoms with E-state index in [2.05, 4.69) is 0 Å². The van der Waals surface area contributed by atoms with Gasteiger partial charge in [0.15, 0.2) is 0 Å². The van der Waals surface area contributed by atoms with Crippen LogP contribution in [0.25, 0.3) is 0 Å². The molecule has 0 radical (unpaired) electrons. The molecule has 0 rings (SSSR count). The van der Waals surface area contributed by atoms with Crippen molar-refractivity contribution in [3.63, 3.8) is 0 Å². The number of carbonyl (C=O) groups is 1. The zero-order chi connectivity index (χ0) is 8.15. The first-order valence-corrected chi connectivity index (χ1v) is 5.12. The maximum absolute atomic E-state index is 10.2. The van der Waals surface area contributed by atoms with Crippen LogP contribution in [0.1, 0.15) is 13.8 Å². The summed E-state index contributed by atoms with van der Waals surface area (Å²) in [5.41, 5.74) is 5.39. The van der Waals surface area contributed by atoms with Gasteiger partial charge in [0.25, 0.3) is 0 Å². The molecule has 0 aromatic rings. The van der Waals surface area contributed by atoms with Crippen LogP contribution in [0, 0.1) is 0 Å². The minimum atomic E-state index is -0.793. The van der Waals surface area contributed by atoms with E-state index in [0.29, 0.717) is 0 Å². The molecule has 0 aliphatic heterocycles. The zero-order valence-corrected chi connectivity index (χ0v) is 7.54. The van der Waals surface area contributed by atoms with Crippen molar-refractivity contribution in [2.75, 3.05) is 0 Å². The van der Waals surface area contributed by atoms with E-state index in [9.17, 15) is 4.79 Å². The molecule has 0 fully saturated rings. The normalized spacial score (nSPS) is 16.3. The van der Waals surface area contributed by atoms with Crippen molar-refractivity contribution in [3.8, 4) is 0 Å². The highest BCUT2D eigenvalue weighted by atomic mass is 33.1. The number of carboxylic acid groups (broad SMARTS) is 1. The van der Waals surface area contributed by atoms with Crippen molar-refractivity contribution in [1.82, 2.24) is 0 Å². The maximum atomic E-state index is 10.2. The van der Waals surface area contributed by atoms with Crippen LogP contribution < -0.4 is 5.73 Å². The highest BCUT2D eigenvalue weighted by molar-refractivity contribution is 8.77. The lowest BCUT2D eigenvalue weighted by atomic mass is 10.5. The minimum absolute atomic E-state index is 0.00759. The predicted molar refractivity (Wildman–Crippen MR) is 45.9 cm³/mol. The molecule has 10 heavy (non-hydrogen) atoms. The van der Waals surface area contributed by atoms with E-state index < -0.39 is 5.97 Å². The summed E-state index contributed by atoms with van der Waals surface area (Å²) in [6, 6.07) is 0. The van der Waals surface area contributed by atoms with Gasteiger partial charge in [0.1, 0.15) is 5.25 Å². The van der Waals surface area contributed by atoms with Crippen molar-refractivity contribution in [3.05, 3.63) is 0 Å². The number of hydrogen-bond acceptors (Lipinski definition) is 4. The minimum Gasteiger partial charge on any atom is -0.480 e. The second-order valence-electron chi connectivity index (χ2n) is 1.88. The molecule has 0 aromatic carbocycles. The molecular formula is C5H11NO2S2. The fraction of sp³-hybridized carbons (Fsp3) is 0.800. The number of hydrogen-bond donors (Lipinski definition) is 2. The van der Waals surface area contributed by atoms with Gasteiger partial charge in [0.2, 0.25) is 0 Å². The van der Waals surface area contributed by atoms with E-state index in [1.54, 1.807) is 6.92 Å². The summed E-state index contributed by atoms with van der Waals surface area (Å²) in [6.07, 6.45) is 0. The number of aliphatic carboxylic acids is 1. The van der Waals surface area contributed by atoms with Gasteiger partial charge in [-0.2, -0.15) is 0 Å². The first-order chi connectivity index (χ1) is 4.54. The Morgan fingerprint density at radius 2 is 2.00 bits per heavy atom. The number of rotatable bonds is 4. The average Bonchev–Trinajstić information content (AvgIpc) is 1.82. The molecule has 0 heterocycles. The third-order valence-corrected chi connectivity index (χ3v) is 3.71. The highest BCUT2D eigenvalue weighted by Gasteiger charge is 2.11. The van der Waals surface area contributed by atoms with Gasteiger partial charge in [-0.3, -0.25) is 4.79 Å². The lowest BCUT2D eigenvalue weighted by molar-refractivity contribution is -0.136. The molecule has 0 aliphatic rings. The lowest BCUT2D eigenvalue weighted by Crippen LogP contribution is -2.13. The fourth-order valence-electron chi connectivity index (χ4n) is 0.212. The van der Waals surface area contributed by atoms with E-state index >= 15 is 0 Å². The molecule has 0 bridgehead atoms. The van der Waals surface area contributed by atoms with Gasteiger partial charge in [0, 0.05) is 0 Å². The third kappa shape index (κ3) is 4.96. The van der Waals surface area contributed by atoms with Crippen LogP contribution in [0.15, 0.2) is 0 Å². The van der Waals surface area contributed by atoms with Crippen molar-refractivity contribution < 1.29 is 9.90 Å². The van der Waals surface area contributed by atoms with E-state index in [-0.39, 0.29) is 10.6 Å². The Bertz CT molecular complexity index is 118. The summed E-state index contributed by atoms with van der Waals surface area (Å²) >= 11 is 0. The SMILES string of the molecule is CC(N)SSC(C)C(=O)O. The quantitative estimate of drug-likeness (QED) is 0.503. The molecule has 0 aromatic heterocycles. The second-order valence-corrected chi connectivity index (χ2v) is 4.87. The van der Waals surface area contributed by atoms with Crippen LogP contribution in [0.5, 0.6) is 0 Å². The highest BCUT2D eigenvalue weighted by Crippen LogP contribution is 2.28. The van der Waals surface area contributed by atoms with Gasteiger partial charge in [-0.1, -0.05) is 21.6 Å². The molecule has 0 spiro atoms. The van der Waals surface area contributed by atoms with Gasteiger partial charge in [0.05, 0.1) is 5.37 Å². The monoisotopic (exact) mass is 181 g/mol. The van der Waals surface area contributed by atoms with Gasteiger partial charge >= 0.3 is 5.97 Å². The summed E-state index contributed by atoms with van der Waals surface area (Å²) in [7, 11) is 2.67. The summed E-state index contributed by atoms with van der Waals surface area (Å²) in [5, 5.41) is 8.03. The summed E-state index contributed by atoms with van der Waals surface area (Å²) in [6.45, 7) is 3.47.